The van der Waals surface area contributed by atoms with Crippen LogP contribution < -0.4 is 5.32 Å². The summed E-state index contributed by atoms with van der Waals surface area (Å²) in [7, 11) is 3.57. The van der Waals surface area contributed by atoms with E-state index < -0.39 is 0 Å². The van der Waals surface area contributed by atoms with E-state index in [9.17, 15) is 4.79 Å². The summed E-state index contributed by atoms with van der Waals surface area (Å²) in [6.07, 6.45) is 4.23. The van der Waals surface area contributed by atoms with Crippen molar-refractivity contribution in [3.8, 4) is 0 Å². The Labute approximate surface area is 147 Å². The molecule has 2 aromatic heterocycles. The van der Waals surface area contributed by atoms with E-state index >= 15 is 0 Å². The van der Waals surface area contributed by atoms with Crippen LogP contribution in [-0.2, 0) is 19.5 Å². The van der Waals surface area contributed by atoms with Crippen molar-refractivity contribution in [1.82, 2.24) is 29.5 Å². The van der Waals surface area contributed by atoms with Gasteiger partial charge in [0.05, 0.1) is 24.5 Å². The first-order valence-electron chi connectivity index (χ1n) is 8.53. The van der Waals surface area contributed by atoms with Gasteiger partial charge in [0.15, 0.2) is 0 Å². The van der Waals surface area contributed by atoms with E-state index in [0.29, 0.717) is 25.6 Å². The summed E-state index contributed by atoms with van der Waals surface area (Å²) in [6, 6.07) is 2.07. The van der Waals surface area contributed by atoms with Crippen LogP contribution in [0.2, 0.25) is 0 Å². The molecule has 25 heavy (non-hydrogen) atoms. The first-order chi connectivity index (χ1) is 12.0. The van der Waals surface area contributed by atoms with Gasteiger partial charge in [-0.25, -0.2) is 14.8 Å². The van der Waals surface area contributed by atoms with Gasteiger partial charge >= 0.3 is 6.03 Å². The molecule has 0 saturated heterocycles. The maximum atomic E-state index is 12.3. The number of carbonyl (C=O) groups is 1. The number of hydrogen-bond acceptors (Lipinski definition) is 5. The van der Waals surface area contributed by atoms with Gasteiger partial charge in [0.2, 0.25) is 5.95 Å². The average molecular weight is 343 g/mol. The SMILES string of the molecule is CC(C)n1nc(CNc2ncccn2)c2c1CN(C(=O)N(C)C)CC2. The molecule has 8 heteroatoms. The number of aromatic nitrogens is 4. The third-order valence-corrected chi connectivity index (χ3v) is 4.30. The van der Waals surface area contributed by atoms with E-state index in [1.807, 2.05) is 9.58 Å². The molecule has 134 valence electrons. The number of rotatable bonds is 4. The molecule has 0 spiro atoms. The lowest BCUT2D eigenvalue weighted by molar-refractivity contribution is 0.163. The van der Waals surface area contributed by atoms with Crippen LogP contribution in [0.1, 0.15) is 36.8 Å². The summed E-state index contributed by atoms with van der Waals surface area (Å²) < 4.78 is 2.04. The van der Waals surface area contributed by atoms with Crippen molar-refractivity contribution in [2.45, 2.75) is 39.4 Å². The molecule has 2 amide bonds. The van der Waals surface area contributed by atoms with Crippen molar-refractivity contribution in [1.29, 1.82) is 0 Å². The molecule has 0 aromatic carbocycles. The van der Waals surface area contributed by atoms with Gasteiger partial charge in [-0.1, -0.05) is 0 Å². The Morgan fingerprint density at radius 1 is 1.32 bits per heavy atom. The first kappa shape index (κ1) is 17.2. The Hall–Kier alpha value is -2.64. The molecule has 8 nitrogen and oxygen atoms in total. The van der Waals surface area contributed by atoms with Crippen LogP contribution in [0.25, 0.3) is 0 Å². The second-order valence-corrected chi connectivity index (χ2v) is 6.68. The van der Waals surface area contributed by atoms with E-state index in [1.165, 1.54) is 5.56 Å². The zero-order valence-corrected chi connectivity index (χ0v) is 15.2. The number of nitrogens with one attached hydrogen (secondary N) is 1. The minimum absolute atomic E-state index is 0.0412. The van der Waals surface area contributed by atoms with Crippen molar-refractivity contribution in [2.24, 2.45) is 0 Å². The Morgan fingerprint density at radius 3 is 2.68 bits per heavy atom. The van der Waals surface area contributed by atoms with Crippen LogP contribution in [0, 0.1) is 0 Å². The number of urea groups is 1. The maximum Gasteiger partial charge on any atom is 0.319 e. The highest BCUT2D eigenvalue weighted by Crippen LogP contribution is 2.26. The molecule has 1 N–H and O–H groups in total. The molecular formula is C17H25N7O. The van der Waals surface area contributed by atoms with Crippen molar-refractivity contribution in [3.63, 3.8) is 0 Å². The van der Waals surface area contributed by atoms with Crippen molar-refractivity contribution >= 4 is 12.0 Å². The van der Waals surface area contributed by atoms with E-state index in [2.05, 4.69) is 29.1 Å². The maximum absolute atomic E-state index is 12.3. The predicted octanol–water partition coefficient (Wildman–Crippen LogP) is 1.91. The fraction of sp³-hybridized carbons (Fsp3) is 0.529. The fourth-order valence-electron chi connectivity index (χ4n) is 3.09. The summed E-state index contributed by atoms with van der Waals surface area (Å²) in [5.41, 5.74) is 3.37. The third-order valence-electron chi connectivity index (χ3n) is 4.30. The van der Waals surface area contributed by atoms with Crippen LogP contribution in [0.3, 0.4) is 0 Å². The van der Waals surface area contributed by atoms with Crippen LogP contribution in [-0.4, -0.2) is 56.2 Å². The molecule has 0 aliphatic carbocycles. The van der Waals surface area contributed by atoms with Crippen LogP contribution in [0.15, 0.2) is 18.5 Å². The van der Waals surface area contributed by atoms with E-state index in [-0.39, 0.29) is 12.1 Å². The van der Waals surface area contributed by atoms with E-state index in [4.69, 9.17) is 5.10 Å². The largest absolute Gasteiger partial charge is 0.348 e. The van der Waals surface area contributed by atoms with Crippen molar-refractivity contribution in [2.75, 3.05) is 26.0 Å². The van der Waals surface area contributed by atoms with Gasteiger partial charge in [0.25, 0.3) is 0 Å². The molecule has 0 unspecified atom stereocenters. The average Bonchev–Trinajstić information content (AvgIpc) is 2.98. The lowest BCUT2D eigenvalue weighted by atomic mass is 10.0. The lowest BCUT2D eigenvalue weighted by Gasteiger charge is -2.30. The number of hydrogen-bond donors (Lipinski definition) is 1. The Morgan fingerprint density at radius 2 is 2.04 bits per heavy atom. The Balaban J connectivity index is 1.83. The summed E-state index contributed by atoms with van der Waals surface area (Å²) in [5.74, 6) is 0.593. The molecule has 1 aliphatic rings. The minimum Gasteiger partial charge on any atom is -0.348 e. The fourth-order valence-corrected chi connectivity index (χ4v) is 3.09. The normalized spacial score (nSPS) is 13.7. The Bertz CT molecular complexity index is 739. The second-order valence-electron chi connectivity index (χ2n) is 6.68. The lowest BCUT2D eigenvalue weighted by Crippen LogP contribution is -2.42. The topological polar surface area (TPSA) is 79.2 Å². The zero-order valence-electron chi connectivity index (χ0n) is 15.2. The number of nitrogens with zero attached hydrogens (tertiary/aromatic N) is 6. The predicted molar refractivity (Wildman–Crippen MR) is 95.2 cm³/mol. The standard InChI is InChI=1S/C17H25N7O/c1-12(2)24-15-11-23(17(25)22(3)4)9-6-13(15)14(21-24)10-20-16-18-7-5-8-19-16/h5,7-8,12H,6,9-11H2,1-4H3,(H,18,19,20). The number of carbonyl (C=O) groups excluding carboxylic acids is 1. The molecule has 0 saturated carbocycles. The number of anilines is 1. The third kappa shape index (κ3) is 3.57. The summed E-state index contributed by atoms with van der Waals surface area (Å²) in [5, 5.41) is 8.02. The van der Waals surface area contributed by atoms with Gasteiger partial charge in [-0.3, -0.25) is 4.68 Å². The molecular weight excluding hydrogens is 318 g/mol. The Kier molecular flexibility index (Phi) is 4.87. The number of amides is 2. The monoisotopic (exact) mass is 343 g/mol. The van der Waals surface area contributed by atoms with Gasteiger partial charge in [0, 0.05) is 44.6 Å². The van der Waals surface area contributed by atoms with Gasteiger partial charge < -0.3 is 15.1 Å². The zero-order chi connectivity index (χ0) is 18.0. The minimum atomic E-state index is 0.0412. The molecule has 0 radical (unpaired) electrons. The highest BCUT2D eigenvalue weighted by molar-refractivity contribution is 5.74. The molecule has 2 aromatic rings. The van der Waals surface area contributed by atoms with Crippen molar-refractivity contribution in [3.05, 3.63) is 35.4 Å². The van der Waals surface area contributed by atoms with Gasteiger partial charge in [0.1, 0.15) is 0 Å². The van der Waals surface area contributed by atoms with Crippen LogP contribution in [0.4, 0.5) is 10.7 Å². The number of fused-ring (bicyclic) bond motifs is 1. The van der Waals surface area contributed by atoms with E-state index in [1.54, 1.807) is 37.5 Å². The second kappa shape index (κ2) is 7.08. The summed E-state index contributed by atoms with van der Waals surface area (Å²) in [4.78, 5) is 24.2. The molecule has 3 heterocycles. The smallest absolute Gasteiger partial charge is 0.319 e. The molecule has 0 fully saturated rings. The van der Waals surface area contributed by atoms with Gasteiger partial charge in [-0.05, 0) is 26.3 Å². The van der Waals surface area contributed by atoms with E-state index in [0.717, 1.165) is 17.8 Å². The summed E-state index contributed by atoms with van der Waals surface area (Å²) in [6.45, 7) is 6.10. The van der Waals surface area contributed by atoms with Gasteiger partial charge in [-0.15, -0.1) is 0 Å². The molecule has 1 aliphatic heterocycles. The highest BCUT2D eigenvalue weighted by atomic mass is 16.2. The molecule has 3 rings (SSSR count). The summed E-state index contributed by atoms with van der Waals surface area (Å²) >= 11 is 0. The molecule has 0 atom stereocenters. The van der Waals surface area contributed by atoms with Crippen LogP contribution >= 0.6 is 0 Å². The quantitative estimate of drug-likeness (QED) is 0.917. The van der Waals surface area contributed by atoms with Gasteiger partial charge in [-0.2, -0.15) is 5.10 Å². The first-order valence-corrected chi connectivity index (χ1v) is 8.53. The molecule has 0 bridgehead atoms. The van der Waals surface area contributed by atoms with Crippen LogP contribution in [0.5, 0.6) is 0 Å². The highest BCUT2D eigenvalue weighted by Gasteiger charge is 2.28. The van der Waals surface area contributed by atoms with Crippen molar-refractivity contribution < 1.29 is 4.79 Å².